The van der Waals surface area contributed by atoms with Crippen molar-refractivity contribution < 1.29 is 0 Å². The van der Waals surface area contributed by atoms with Crippen LogP contribution in [-0.4, -0.2) is 242 Å². The van der Waals surface area contributed by atoms with Crippen LogP contribution >= 0.6 is 0 Å². The van der Waals surface area contributed by atoms with Crippen molar-refractivity contribution >= 4 is 88.7 Å². The van der Waals surface area contributed by atoms with E-state index in [0.29, 0.717) is 6.42 Å². The number of allylic oxidation sites excluding steroid dienone is 8. The topological polar surface area (TPSA) is 206 Å². The first-order chi connectivity index (χ1) is 61.4. The number of fused-ring (bicyclic) bond motifs is 16. The molecule has 4 aliphatic rings. The first-order valence-corrected chi connectivity index (χ1v) is 50.0. The van der Waals surface area contributed by atoms with Gasteiger partial charge in [0.15, 0.2) is 0 Å². The number of hydrogen-bond acceptors (Lipinski definition) is 15. The Hall–Kier alpha value is -7.71. The van der Waals surface area contributed by atoms with Crippen LogP contribution in [-0.2, 0) is 25.7 Å². The van der Waals surface area contributed by atoms with Crippen molar-refractivity contribution in [1.29, 1.82) is 5.26 Å². The van der Waals surface area contributed by atoms with Gasteiger partial charge in [-0.3, -0.25) is 0 Å². The zero-order chi connectivity index (χ0) is 91.9. The molecule has 0 fully saturated rings. The van der Waals surface area contributed by atoms with Crippen molar-refractivity contribution in [1.82, 2.24) is 90.5 Å². The molecule has 0 aromatic carbocycles. The second-order valence-electron chi connectivity index (χ2n) is 36.8. The monoisotopic (exact) mass is 1740 g/mol. The molecular formula is C108H173N19. The third-order valence-corrected chi connectivity index (χ3v) is 27.4. The quantitative estimate of drug-likeness (QED) is 0.0167. The Bertz CT molecular complexity index is 4950. The van der Waals surface area contributed by atoms with Crippen molar-refractivity contribution in [3.8, 4) is 6.07 Å². The maximum Gasteiger partial charge on any atom is 0.0694 e. The summed E-state index contributed by atoms with van der Waals surface area (Å²) in [6.07, 6.45) is 26.3. The number of H-pyrrole nitrogens is 4. The SMILES string of the molecule is CCC1=C(C)c2cc3nc(cc4[nH]c(cc5[nH]c(cc1n2)c(C)c5CC)c(C)c4CCCN(C)CCCCN(C)CC)C(CCCN(C)CCCCN(C)CC)=C3C.CCN(C)CCCCN(C)CCCC#N.CCNCCCCNCCCC1=C(C)c2cc3[nH]c(cc4[nH]c(cc5nc(cc1n2)C(CCCNCCCCNCC)=C5C)c(CC)c4C)c(CC)c3C. The number of hydrogen-bond donors (Lipinski definition) is 8. The Kier molecular flexibility index (Phi) is 45.7. The lowest BCUT2D eigenvalue weighted by molar-refractivity contribution is 0.297. The maximum absolute atomic E-state index is 8.41. The van der Waals surface area contributed by atoms with Gasteiger partial charge in [0.1, 0.15) is 0 Å². The van der Waals surface area contributed by atoms with Crippen LogP contribution < -0.4 is 21.3 Å². The van der Waals surface area contributed by atoms with Gasteiger partial charge in [0, 0.05) is 50.6 Å². The van der Waals surface area contributed by atoms with Crippen LogP contribution in [0.3, 0.4) is 0 Å². The van der Waals surface area contributed by atoms with E-state index >= 15 is 0 Å². The van der Waals surface area contributed by atoms with Gasteiger partial charge < -0.3 is 70.6 Å². The van der Waals surface area contributed by atoms with Crippen LogP contribution in [0.25, 0.3) is 88.7 Å². The molecule has 127 heavy (non-hydrogen) atoms. The number of aryl methyl sites for hydroxylation is 8. The van der Waals surface area contributed by atoms with E-state index in [0.717, 1.165) is 251 Å². The number of nitrogens with one attached hydrogen (secondary N) is 8. The molecule has 8 N–H and O–H groups in total. The fraction of sp³-hybridized carbons (Fsp3) is 0.620. The Labute approximate surface area is 769 Å². The van der Waals surface area contributed by atoms with Crippen molar-refractivity contribution in [2.75, 3.05) is 173 Å². The molecule has 6 aromatic heterocycles. The summed E-state index contributed by atoms with van der Waals surface area (Å²) >= 11 is 0. The summed E-state index contributed by atoms with van der Waals surface area (Å²) in [7, 11) is 13.3. The van der Waals surface area contributed by atoms with Gasteiger partial charge in [-0.15, -0.1) is 0 Å². The van der Waals surface area contributed by atoms with Crippen molar-refractivity contribution in [2.24, 2.45) is 0 Å². The third kappa shape index (κ3) is 31.2. The molecule has 0 unspecified atom stereocenters. The highest BCUT2D eigenvalue weighted by atomic mass is 15.1. The van der Waals surface area contributed by atoms with Crippen LogP contribution in [0.5, 0.6) is 0 Å². The van der Waals surface area contributed by atoms with E-state index in [1.165, 1.54) is 206 Å². The summed E-state index contributed by atoms with van der Waals surface area (Å²) in [4.78, 5) is 51.5. The molecule has 0 atom stereocenters. The summed E-state index contributed by atoms with van der Waals surface area (Å²) in [6.45, 7) is 60.2. The highest BCUT2D eigenvalue weighted by molar-refractivity contribution is 5.97. The second-order valence-corrected chi connectivity index (χ2v) is 36.8. The van der Waals surface area contributed by atoms with Gasteiger partial charge in [0.25, 0.3) is 0 Å². The largest absolute Gasteiger partial charge is 0.355 e. The summed E-state index contributed by atoms with van der Waals surface area (Å²) in [6, 6.07) is 20.7. The average molecular weight is 1740 g/mol. The first kappa shape index (κ1) is 105. The molecule has 0 amide bonds. The van der Waals surface area contributed by atoms with Crippen LogP contribution in [0.4, 0.5) is 0 Å². The minimum absolute atomic E-state index is 0.683. The highest BCUT2D eigenvalue weighted by Crippen LogP contribution is 2.41. The van der Waals surface area contributed by atoms with Gasteiger partial charge in [-0.2, -0.15) is 5.26 Å². The summed E-state index contributed by atoms with van der Waals surface area (Å²) in [5.74, 6) is 0. The Morgan fingerprint density at radius 1 is 0.268 bits per heavy atom. The van der Waals surface area contributed by atoms with E-state index in [1.807, 2.05) is 0 Å². The number of aromatic nitrogens is 8. The zero-order valence-electron chi connectivity index (χ0n) is 84.2. The van der Waals surface area contributed by atoms with Gasteiger partial charge >= 0.3 is 0 Å². The third-order valence-electron chi connectivity index (χ3n) is 27.4. The summed E-state index contributed by atoms with van der Waals surface area (Å²) in [5, 5.41) is 22.7. The van der Waals surface area contributed by atoms with E-state index in [-0.39, 0.29) is 0 Å². The van der Waals surface area contributed by atoms with E-state index < -0.39 is 0 Å². The lowest BCUT2D eigenvalue weighted by Crippen LogP contribution is -2.23. The standard InChI is InChI=1S/C50H78N8.C46H70N8.C12H25N3/c1-13-39-35(5)43-31-44-37(7)41(23-21-29-57(11)27-19-17-25-55(9)15-3)49(53-44)34-50-42(24-22-30-58(12)28-20-18-26-56(10)16-4)38(8)46(54-50)33-48-40(14-2)36(6)45(52-48)32-47(39)51-43;1-9-35-31(5)39-27-40-33(7)37(19-17-25-49-23-15-13-21-47-11-3)45(53-40)30-46-38(20-18-26-50-24-16-14-22-48-12-4)34(8)42(54-46)29-44-36(10-2)32(6)41(52-44)28-43(35)51-39;1-4-14(2)10-7-8-12-15(3)11-6-5-9-13/h31-34,52,54H,13-30H2,1-12H3;27-30,47-52H,9-26H2,1-8H3;4-8,10-12H2,1-3H3. The van der Waals surface area contributed by atoms with Crippen molar-refractivity contribution in [2.45, 2.75) is 272 Å². The van der Waals surface area contributed by atoms with Gasteiger partial charge in [-0.1, -0.05) is 62.3 Å². The highest BCUT2D eigenvalue weighted by Gasteiger charge is 2.26. The molecule has 0 radical (unpaired) electrons. The van der Waals surface area contributed by atoms with E-state index in [1.54, 1.807) is 0 Å². The molecule has 16 bridgehead atoms. The predicted octanol–water partition coefficient (Wildman–Crippen LogP) is 22.2. The molecule has 10 heterocycles. The maximum atomic E-state index is 8.41. The Morgan fingerprint density at radius 2 is 0.535 bits per heavy atom. The number of aromatic amines is 4. The van der Waals surface area contributed by atoms with Crippen LogP contribution in [0.2, 0.25) is 0 Å². The lowest BCUT2D eigenvalue weighted by Gasteiger charge is -2.18. The van der Waals surface area contributed by atoms with Gasteiger partial charge in [0.2, 0.25) is 0 Å². The summed E-state index contributed by atoms with van der Waals surface area (Å²) < 4.78 is 0. The molecule has 700 valence electrons. The van der Waals surface area contributed by atoms with Crippen LogP contribution in [0.15, 0.2) is 48.5 Å². The molecule has 0 aliphatic carbocycles. The number of rotatable bonds is 53. The van der Waals surface area contributed by atoms with E-state index in [2.05, 4.69) is 285 Å². The molecule has 0 saturated heterocycles. The zero-order valence-corrected chi connectivity index (χ0v) is 84.2. The predicted molar refractivity (Wildman–Crippen MR) is 551 cm³/mol. The van der Waals surface area contributed by atoms with Crippen molar-refractivity contribution in [3.63, 3.8) is 0 Å². The minimum atomic E-state index is 0.683. The number of nitriles is 1. The second kappa shape index (κ2) is 55.5. The molecule has 4 aliphatic heterocycles. The van der Waals surface area contributed by atoms with Gasteiger partial charge in [0.05, 0.1) is 51.6 Å². The molecule has 10 rings (SSSR count). The fourth-order valence-electron chi connectivity index (χ4n) is 18.5. The lowest BCUT2D eigenvalue weighted by atomic mass is 9.98. The molecular weight excluding hydrogens is 1560 g/mol. The normalized spacial score (nSPS) is 13.1. The molecule has 0 spiro atoms. The van der Waals surface area contributed by atoms with Crippen LogP contribution in [0, 0.1) is 39.0 Å². The number of nitrogens with zero attached hydrogens (tertiary/aromatic N) is 11. The van der Waals surface area contributed by atoms with Gasteiger partial charge in [-0.25, -0.2) is 19.9 Å². The van der Waals surface area contributed by atoms with E-state index in [4.69, 9.17) is 25.2 Å². The molecule has 0 saturated carbocycles. The van der Waals surface area contributed by atoms with E-state index in [9.17, 15) is 0 Å². The van der Waals surface area contributed by atoms with Gasteiger partial charge in [-0.05, 0) is 514 Å². The molecule has 6 aromatic rings. The molecule has 19 nitrogen and oxygen atoms in total. The minimum Gasteiger partial charge on any atom is -0.355 e. The average Bonchev–Trinajstić information content (AvgIpc) is 1.62. The van der Waals surface area contributed by atoms with Crippen LogP contribution in [0.1, 0.15) is 308 Å². The molecule has 19 heteroatoms. The fourth-order valence-corrected chi connectivity index (χ4v) is 18.5. The Morgan fingerprint density at radius 3 is 0.913 bits per heavy atom. The smallest absolute Gasteiger partial charge is 0.0694 e. The Balaban J connectivity index is 0.000000271. The first-order valence-electron chi connectivity index (χ1n) is 50.0. The summed E-state index contributed by atoms with van der Waals surface area (Å²) in [5.41, 5.74) is 39.2. The van der Waals surface area contributed by atoms with Crippen molar-refractivity contribution in [3.05, 3.63) is 139 Å². The number of unbranched alkanes of at least 4 members (excludes halogenated alkanes) is 6.